The molecule has 0 aliphatic rings. The summed E-state index contributed by atoms with van der Waals surface area (Å²) in [4.78, 5) is 0. The summed E-state index contributed by atoms with van der Waals surface area (Å²) in [5, 5.41) is 8.79. The van der Waals surface area contributed by atoms with E-state index in [0.29, 0.717) is 6.04 Å². The van der Waals surface area contributed by atoms with E-state index in [0.717, 1.165) is 35.8 Å². The summed E-state index contributed by atoms with van der Waals surface area (Å²) in [6.45, 7) is 11.9. The van der Waals surface area contributed by atoms with Crippen LogP contribution in [-0.4, -0.2) is 22.4 Å². The van der Waals surface area contributed by atoms with Gasteiger partial charge >= 0.3 is 0 Å². The van der Waals surface area contributed by atoms with Crippen LogP contribution >= 0.6 is 11.6 Å². The lowest BCUT2D eigenvalue weighted by atomic mass is 9.79. The third-order valence-corrected chi connectivity index (χ3v) is 4.46. The van der Waals surface area contributed by atoms with Gasteiger partial charge < -0.3 is 5.32 Å². The lowest BCUT2D eigenvalue weighted by Gasteiger charge is -2.34. The molecule has 0 saturated heterocycles. The Kier molecular flexibility index (Phi) is 5.23. The highest BCUT2D eigenvalue weighted by atomic mass is 35.5. The van der Waals surface area contributed by atoms with E-state index in [2.05, 4.69) is 38.1 Å². The standard InChI is InChI=1S/C14H26ClN3/c1-7-14(4,5)12(16-8-2)9-11-13(15)10(3)17-18(11)6/h12,16H,7-9H2,1-6H3. The monoisotopic (exact) mass is 271 g/mol. The Morgan fingerprint density at radius 1 is 1.39 bits per heavy atom. The fourth-order valence-electron chi connectivity index (χ4n) is 2.21. The molecule has 1 rings (SSSR count). The van der Waals surface area contributed by atoms with Gasteiger partial charge in [-0.25, -0.2) is 0 Å². The van der Waals surface area contributed by atoms with E-state index >= 15 is 0 Å². The van der Waals surface area contributed by atoms with Gasteiger partial charge in [-0.3, -0.25) is 4.68 Å². The Labute approximate surface area is 116 Å². The van der Waals surface area contributed by atoms with E-state index in [9.17, 15) is 0 Å². The average Bonchev–Trinajstić information content (AvgIpc) is 2.55. The maximum Gasteiger partial charge on any atom is 0.0847 e. The average molecular weight is 272 g/mol. The largest absolute Gasteiger partial charge is 0.313 e. The van der Waals surface area contributed by atoms with Gasteiger partial charge in [0.1, 0.15) is 0 Å². The van der Waals surface area contributed by atoms with Crippen molar-refractivity contribution in [2.24, 2.45) is 12.5 Å². The minimum absolute atomic E-state index is 0.248. The van der Waals surface area contributed by atoms with Gasteiger partial charge in [-0.05, 0) is 25.3 Å². The molecule has 0 saturated carbocycles. The molecular formula is C14H26ClN3. The molecule has 0 aromatic carbocycles. The van der Waals surface area contributed by atoms with Crippen molar-refractivity contribution in [3.8, 4) is 0 Å². The lowest BCUT2D eigenvalue weighted by molar-refractivity contribution is 0.230. The van der Waals surface area contributed by atoms with Gasteiger partial charge in [-0.1, -0.05) is 39.3 Å². The van der Waals surface area contributed by atoms with E-state index in [1.54, 1.807) is 0 Å². The number of aryl methyl sites for hydroxylation is 2. The summed E-state index contributed by atoms with van der Waals surface area (Å²) in [6.07, 6.45) is 2.06. The number of nitrogens with one attached hydrogen (secondary N) is 1. The minimum atomic E-state index is 0.248. The number of hydrogen-bond acceptors (Lipinski definition) is 2. The van der Waals surface area contributed by atoms with Crippen LogP contribution in [0.15, 0.2) is 0 Å². The van der Waals surface area contributed by atoms with Gasteiger partial charge in [0.05, 0.1) is 16.4 Å². The number of aromatic nitrogens is 2. The van der Waals surface area contributed by atoms with Gasteiger partial charge in [0.25, 0.3) is 0 Å². The van der Waals surface area contributed by atoms with Gasteiger partial charge in [-0.2, -0.15) is 5.10 Å². The van der Waals surface area contributed by atoms with Crippen molar-refractivity contribution < 1.29 is 0 Å². The number of nitrogens with zero attached hydrogens (tertiary/aromatic N) is 2. The second-order valence-electron chi connectivity index (χ2n) is 5.63. The summed E-state index contributed by atoms with van der Waals surface area (Å²) in [5.41, 5.74) is 2.29. The molecule has 3 nitrogen and oxygen atoms in total. The van der Waals surface area contributed by atoms with Crippen LogP contribution in [0, 0.1) is 12.3 Å². The molecule has 1 heterocycles. The van der Waals surface area contributed by atoms with Crippen LogP contribution in [0.25, 0.3) is 0 Å². The van der Waals surface area contributed by atoms with Gasteiger partial charge in [-0.15, -0.1) is 0 Å². The summed E-state index contributed by atoms with van der Waals surface area (Å²) >= 11 is 6.34. The molecule has 0 fully saturated rings. The molecule has 0 spiro atoms. The molecule has 1 atom stereocenters. The molecule has 1 aromatic heterocycles. The second-order valence-corrected chi connectivity index (χ2v) is 6.00. The highest BCUT2D eigenvalue weighted by Gasteiger charge is 2.29. The van der Waals surface area contributed by atoms with Gasteiger partial charge in [0.15, 0.2) is 0 Å². The van der Waals surface area contributed by atoms with Crippen molar-refractivity contribution in [1.29, 1.82) is 0 Å². The van der Waals surface area contributed by atoms with E-state index in [1.165, 1.54) is 0 Å². The third-order valence-electron chi connectivity index (χ3n) is 3.96. The van der Waals surface area contributed by atoms with Crippen molar-refractivity contribution in [2.45, 2.75) is 53.5 Å². The van der Waals surface area contributed by atoms with E-state index in [1.807, 2.05) is 18.7 Å². The van der Waals surface area contributed by atoms with Crippen molar-refractivity contribution in [3.63, 3.8) is 0 Å². The summed E-state index contributed by atoms with van der Waals surface area (Å²) < 4.78 is 1.91. The SMILES string of the molecule is CCNC(Cc1c(Cl)c(C)nn1C)C(C)(C)CC. The predicted molar refractivity (Wildman–Crippen MR) is 78.2 cm³/mol. The first kappa shape index (κ1) is 15.5. The smallest absolute Gasteiger partial charge is 0.0847 e. The first-order chi connectivity index (χ1) is 8.33. The molecule has 1 aromatic rings. The molecule has 0 amide bonds. The molecule has 0 bridgehead atoms. The number of likely N-dealkylation sites (N-methyl/N-ethyl adjacent to an activating group) is 1. The van der Waals surface area contributed by atoms with Crippen LogP contribution in [-0.2, 0) is 13.5 Å². The lowest BCUT2D eigenvalue weighted by Crippen LogP contribution is -2.43. The van der Waals surface area contributed by atoms with Crippen LogP contribution in [0.4, 0.5) is 0 Å². The molecule has 0 aliphatic heterocycles. The Morgan fingerprint density at radius 2 is 2.00 bits per heavy atom. The molecule has 104 valence electrons. The topological polar surface area (TPSA) is 29.9 Å². The first-order valence-corrected chi connectivity index (χ1v) is 7.12. The predicted octanol–water partition coefficient (Wildman–Crippen LogP) is 3.34. The quantitative estimate of drug-likeness (QED) is 0.860. The van der Waals surface area contributed by atoms with E-state index in [4.69, 9.17) is 11.6 Å². The van der Waals surface area contributed by atoms with E-state index < -0.39 is 0 Å². The zero-order valence-corrected chi connectivity index (χ0v) is 13.2. The third kappa shape index (κ3) is 3.27. The maximum absolute atomic E-state index is 6.34. The summed E-state index contributed by atoms with van der Waals surface area (Å²) in [5.74, 6) is 0. The number of hydrogen-bond donors (Lipinski definition) is 1. The Bertz CT molecular complexity index is 396. The fraction of sp³-hybridized carbons (Fsp3) is 0.786. The van der Waals surface area contributed by atoms with Crippen molar-refractivity contribution in [3.05, 3.63) is 16.4 Å². The van der Waals surface area contributed by atoms with Crippen LogP contribution < -0.4 is 5.32 Å². The molecule has 1 unspecified atom stereocenters. The molecule has 18 heavy (non-hydrogen) atoms. The van der Waals surface area contributed by atoms with Crippen molar-refractivity contribution in [2.75, 3.05) is 6.54 Å². The summed E-state index contributed by atoms with van der Waals surface area (Å²) in [7, 11) is 1.97. The summed E-state index contributed by atoms with van der Waals surface area (Å²) in [6, 6.07) is 0.416. The number of rotatable bonds is 6. The Hall–Kier alpha value is -0.540. The van der Waals surface area contributed by atoms with Gasteiger partial charge in [0.2, 0.25) is 0 Å². The number of halogens is 1. The molecule has 1 N–H and O–H groups in total. The maximum atomic E-state index is 6.34. The van der Waals surface area contributed by atoms with Crippen molar-refractivity contribution in [1.82, 2.24) is 15.1 Å². The van der Waals surface area contributed by atoms with E-state index in [-0.39, 0.29) is 5.41 Å². The molecular weight excluding hydrogens is 246 g/mol. The first-order valence-electron chi connectivity index (χ1n) is 6.74. The van der Waals surface area contributed by atoms with Crippen LogP contribution in [0.2, 0.25) is 5.02 Å². The Morgan fingerprint density at radius 3 is 2.39 bits per heavy atom. The highest BCUT2D eigenvalue weighted by Crippen LogP contribution is 2.30. The normalized spacial score (nSPS) is 13.9. The van der Waals surface area contributed by atoms with Crippen molar-refractivity contribution >= 4 is 11.6 Å². The zero-order valence-electron chi connectivity index (χ0n) is 12.5. The molecule has 0 aliphatic carbocycles. The molecule has 4 heteroatoms. The molecule has 0 radical (unpaired) electrons. The van der Waals surface area contributed by atoms with Crippen LogP contribution in [0.1, 0.15) is 45.5 Å². The Balaban J connectivity index is 2.97. The van der Waals surface area contributed by atoms with Gasteiger partial charge in [0, 0.05) is 19.5 Å². The van der Waals surface area contributed by atoms with Crippen LogP contribution in [0.3, 0.4) is 0 Å². The highest BCUT2D eigenvalue weighted by molar-refractivity contribution is 6.31. The minimum Gasteiger partial charge on any atom is -0.313 e. The second kappa shape index (κ2) is 6.07. The fourth-order valence-corrected chi connectivity index (χ4v) is 2.45. The van der Waals surface area contributed by atoms with Crippen LogP contribution in [0.5, 0.6) is 0 Å². The zero-order chi connectivity index (χ0) is 13.9.